The van der Waals surface area contributed by atoms with Crippen molar-refractivity contribution in [3.63, 3.8) is 0 Å². The lowest BCUT2D eigenvalue weighted by Crippen LogP contribution is -2.26. The van der Waals surface area contributed by atoms with Crippen molar-refractivity contribution in [2.24, 2.45) is 10.7 Å². The summed E-state index contributed by atoms with van der Waals surface area (Å²) in [6, 6.07) is 7.80. The number of hydrogen-bond donors (Lipinski definition) is 2. The summed E-state index contributed by atoms with van der Waals surface area (Å²) in [7, 11) is 0. The second kappa shape index (κ2) is 10.1. The molecule has 1 aromatic carbocycles. The lowest BCUT2D eigenvalue weighted by molar-refractivity contribution is -0.146. The molecule has 0 aliphatic heterocycles. The fourth-order valence-electron chi connectivity index (χ4n) is 2.89. The van der Waals surface area contributed by atoms with Gasteiger partial charge in [0.25, 0.3) is 5.91 Å². The zero-order chi connectivity index (χ0) is 24.9. The zero-order valence-corrected chi connectivity index (χ0v) is 18.5. The van der Waals surface area contributed by atoms with E-state index in [-0.39, 0.29) is 17.8 Å². The minimum atomic E-state index is -4.74. The normalized spacial score (nSPS) is 12.2. The smallest absolute Gasteiger partial charge is 0.403 e. The zero-order valence-electron chi connectivity index (χ0n) is 18.5. The third-order valence-corrected chi connectivity index (χ3v) is 4.51. The number of amides is 1. The molecule has 0 unspecified atom stereocenters. The molecule has 176 valence electrons. The minimum absolute atomic E-state index is 0.00141. The molecule has 0 aliphatic carbocycles. The number of nitrogens with one attached hydrogen (secondary N) is 1. The van der Waals surface area contributed by atoms with Crippen LogP contribution in [0.5, 0.6) is 0 Å². The van der Waals surface area contributed by atoms with Crippen LogP contribution in [0.2, 0.25) is 0 Å². The summed E-state index contributed by atoms with van der Waals surface area (Å²) >= 11 is 0. The van der Waals surface area contributed by atoms with Crippen LogP contribution in [-0.2, 0) is 6.18 Å². The van der Waals surface area contributed by atoms with E-state index < -0.39 is 17.9 Å². The number of aliphatic imine (C=N–C) groups is 1. The standard InChI is InChI=1S/C23H22F3N7O/c1-14(2)10-28-18(9-27)12-30-21(34)17-6-16(20-5-4-15(3)11-29-20)7-19(8-17)33-22(23(24,25)26)31-13-32-33/h4-11,13H,1,12,27H2,2-3H3,(H,30,34)/b18-9-,28-10?. The van der Waals surface area contributed by atoms with Gasteiger partial charge in [0.15, 0.2) is 0 Å². The molecule has 0 saturated carbocycles. The molecule has 2 heterocycles. The maximum Gasteiger partial charge on any atom is 0.451 e. The highest BCUT2D eigenvalue weighted by Gasteiger charge is 2.37. The molecule has 1 amide bonds. The van der Waals surface area contributed by atoms with Crippen molar-refractivity contribution in [3.8, 4) is 16.9 Å². The SMILES string of the molecule is C=C(C)C=N/C(=C\N)CNC(=O)c1cc(-c2ccc(C)cn2)cc(-n2ncnc2C(F)(F)F)c1. The van der Waals surface area contributed by atoms with E-state index in [1.54, 1.807) is 19.2 Å². The van der Waals surface area contributed by atoms with Crippen molar-refractivity contribution in [2.75, 3.05) is 6.54 Å². The monoisotopic (exact) mass is 469 g/mol. The molecule has 8 nitrogen and oxygen atoms in total. The summed E-state index contributed by atoms with van der Waals surface area (Å²) in [6.07, 6.45) is 0.422. The van der Waals surface area contributed by atoms with Crippen LogP contribution in [0.25, 0.3) is 16.9 Å². The maximum atomic E-state index is 13.4. The van der Waals surface area contributed by atoms with E-state index >= 15 is 0 Å². The van der Waals surface area contributed by atoms with E-state index in [1.807, 2.05) is 13.0 Å². The largest absolute Gasteiger partial charge is 0.451 e. The number of hydrogen-bond acceptors (Lipinski definition) is 6. The van der Waals surface area contributed by atoms with Crippen molar-refractivity contribution >= 4 is 12.1 Å². The van der Waals surface area contributed by atoms with Crippen molar-refractivity contribution in [1.29, 1.82) is 0 Å². The van der Waals surface area contributed by atoms with E-state index in [0.717, 1.165) is 11.9 Å². The first kappa shape index (κ1) is 24.4. The number of alkyl halides is 3. The first-order valence-corrected chi connectivity index (χ1v) is 10.0. The summed E-state index contributed by atoms with van der Waals surface area (Å²) in [6.45, 7) is 7.31. The molecule has 3 N–H and O–H groups in total. The van der Waals surface area contributed by atoms with Crippen LogP contribution in [0.1, 0.15) is 28.7 Å². The summed E-state index contributed by atoms with van der Waals surface area (Å²) < 4.78 is 40.9. The fraction of sp³-hybridized carbons (Fsp3) is 0.174. The number of benzene rings is 1. The molecule has 0 radical (unpaired) electrons. The van der Waals surface area contributed by atoms with Gasteiger partial charge in [-0.2, -0.15) is 18.3 Å². The van der Waals surface area contributed by atoms with Gasteiger partial charge < -0.3 is 11.1 Å². The average molecular weight is 469 g/mol. The Morgan fingerprint density at radius 2 is 2.03 bits per heavy atom. The molecule has 0 bridgehead atoms. The Morgan fingerprint density at radius 1 is 1.26 bits per heavy atom. The Hall–Kier alpha value is -4.28. The third-order valence-electron chi connectivity index (χ3n) is 4.51. The molecule has 34 heavy (non-hydrogen) atoms. The van der Waals surface area contributed by atoms with Gasteiger partial charge in [0, 0.05) is 29.7 Å². The van der Waals surface area contributed by atoms with Gasteiger partial charge in [-0.05, 0) is 49.2 Å². The number of nitrogens with zero attached hydrogens (tertiary/aromatic N) is 5. The molecule has 3 rings (SSSR count). The van der Waals surface area contributed by atoms with Crippen molar-refractivity contribution in [2.45, 2.75) is 20.0 Å². The highest BCUT2D eigenvalue weighted by Crippen LogP contribution is 2.30. The van der Waals surface area contributed by atoms with Gasteiger partial charge in [0.05, 0.1) is 23.6 Å². The predicted octanol–water partition coefficient (Wildman–Crippen LogP) is 3.83. The number of halogens is 3. The molecular formula is C23H22F3N7O. The van der Waals surface area contributed by atoms with E-state index in [1.165, 1.54) is 30.6 Å². The topological polar surface area (TPSA) is 111 Å². The summed E-state index contributed by atoms with van der Waals surface area (Å²) in [5.74, 6) is -1.76. The highest BCUT2D eigenvalue weighted by molar-refractivity contribution is 5.96. The second-order valence-corrected chi connectivity index (χ2v) is 7.43. The summed E-state index contributed by atoms with van der Waals surface area (Å²) in [4.78, 5) is 24.7. The number of carbonyl (C=O) groups excluding carboxylic acids is 1. The van der Waals surface area contributed by atoms with Gasteiger partial charge in [0.2, 0.25) is 5.82 Å². The van der Waals surface area contributed by atoms with E-state index in [9.17, 15) is 18.0 Å². The average Bonchev–Trinajstić information content (AvgIpc) is 3.30. The van der Waals surface area contributed by atoms with Gasteiger partial charge in [-0.15, -0.1) is 0 Å². The van der Waals surface area contributed by atoms with Crippen LogP contribution >= 0.6 is 0 Å². The Balaban J connectivity index is 2.01. The number of carbonyl (C=O) groups is 1. The van der Waals surface area contributed by atoms with E-state index in [0.29, 0.717) is 27.2 Å². The Kier molecular flexibility index (Phi) is 7.24. The van der Waals surface area contributed by atoms with Crippen molar-refractivity contribution < 1.29 is 18.0 Å². The first-order chi connectivity index (χ1) is 16.1. The van der Waals surface area contributed by atoms with Gasteiger partial charge >= 0.3 is 6.18 Å². The first-order valence-electron chi connectivity index (χ1n) is 10.0. The second-order valence-electron chi connectivity index (χ2n) is 7.43. The Morgan fingerprint density at radius 3 is 2.65 bits per heavy atom. The number of aryl methyl sites for hydroxylation is 1. The molecule has 0 atom stereocenters. The number of pyridine rings is 1. The lowest BCUT2D eigenvalue weighted by Gasteiger charge is -2.13. The fourth-order valence-corrected chi connectivity index (χ4v) is 2.89. The van der Waals surface area contributed by atoms with Crippen LogP contribution in [0.4, 0.5) is 13.2 Å². The molecule has 0 fully saturated rings. The van der Waals surface area contributed by atoms with Gasteiger partial charge in [-0.25, -0.2) is 9.67 Å². The quantitative estimate of drug-likeness (QED) is 0.511. The van der Waals surface area contributed by atoms with Crippen LogP contribution in [0, 0.1) is 6.92 Å². The van der Waals surface area contributed by atoms with Crippen LogP contribution in [0.3, 0.4) is 0 Å². The number of allylic oxidation sites excluding steroid dienone is 1. The third kappa shape index (κ3) is 5.94. The molecule has 3 aromatic rings. The van der Waals surface area contributed by atoms with Crippen LogP contribution in [0.15, 0.2) is 71.9 Å². The van der Waals surface area contributed by atoms with Crippen molar-refractivity contribution in [1.82, 2.24) is 25.1 Å². The van der Waals surface area contributed by atoms with E-state index in [2.05, 4.69) is 32.0 Å². The lowest BCUT2D eigenvalue weighted by atomic mass is 10.0. The maximum absolute atomic E-state index is 13.4. The Labute approximate surface area is 193 Å². The molecule has 0 spiro atoms. The number of aromatic nitrogens is 4. The predicted molar refractivity (Wildman–Crippen MR) is 122 cm³/mol. The molecular weight excluding hydrogens is 447 g/mol. The highest BCUT2D eigenvalue weighted by atomic mass is 19.4. The summed E-state index contributed by atoms with van der Waals surface area (Å²) in [5.41, 5.74) is 8.54. The van der Waals surface area contributed by atoms with Gasteiger partial charge in [0.1, 0.15) is 6.33 Å². The molecule has 0 aliphatic rings. The molecule has 11 heteroatoms. The van der Waals surface area contributed by atoms with Crippen LogP contribution < -0.4 is 11.1 Å². The number of nitrogens with two attached hydrogens (primary N) is 1. The summed E-state index contributed by atoms with van der Waals surface area (Å²) in [5, 5.41) is 6.37. The Bertz CT molecular complexity index is 1260. The van der Waals surface area contributed by atoms with E-state index in [4.69, 9.17) is 5.73 Å². The minimum Gasteiger partial charge on any atom is -0.403 e. The number of rotatable bonds is 7. The van der Waals surface area contributed by atoms with Gasteiger partial charge in [-0.1, -0.05) is 12.6 Å². The molecule has 2 aromatic heterocycles. The van der Waals surface area contributed by atoms with Gasteiger partial charge in [-0.3, -0.25) is 14.8 Å². The van der Waals surface area contributed by atoms with Crippen LogP contribution in [-0.4, -0.2) is 38.4 Å². The molecule has 0 saturated heterocycles. The van der Waals surface area contributed by atoms with Crippen molar-refractivity contribution in [3.05, 3.63) is 83.9 Å².